The second-order valence-electron chi connectivity index (χ2n) is 6.66. The van der Waals surface area contributed by atoms with Gasteiger partial charge in [0.15, 0.2) is 11.5 Å². The van der Waals surface area contributed by atoms with Crippen molar-refractivity contribution in [3.05, 3.63) is 53.6 Å². The molecule has 140 valence electrons. The first-order chi connectivity index (χ1) is 12.7. The van der Waals surface area contributed by atoms with Crippen molar-refractivity contribution in [2.24, 2.45) is 0 Å². The summed E-state index contributed by atoms with van der Waals surface area (Å²) in [5.41, 5.74) is 2.24. The second-order valence-corrected chi connectivity index (χ2v) is 6.66. The van der Waals surface area contributed by atoms with Crippen LogP contribution >= 0.6 is 0 Å². The van der Waals surface area contributed by atoms with Crippen LogP contribution in [0.5, 0.6) is 17.2 Å². The van der Waals surface area contributed by atoms with Crippen LogP contribution in [0.1, 0.15) is 24.0 Å². The Morgan fingerprint density at radius 1 is 1.08 bits per heavy atom. The molecule has 1 aliphatic heterocycles. The number of benzene rings is 2. The number of ether oxygens (including phenoxy) is 3. The molecule has 2 aromatic rings. The van der Waals surface area contributed by atoms with Gasteiger partial charge < -0.3 is 19.3 Å². The third-order valence-electron chi connectivity index (χ3n) is 4.68. The summed E-state index contributed by atoms with van der Waals surface area (Å²) in [6, 6.07) is 13.7. The lowest BCUT2D eigenvalue weighted by Crippen LogP contribution is -2.31. The van der Waals surface area contributed by atoms with Gasteiger partial charge in [-0.25, -0.2) is 0 Å². The van der Waals surface area contributed by atoms with E-state index in [0.29, 0.717) is 5.75 Å². The Morgan fingerprint density at radius 3 is 2.54 bits per heavy atom. The van der Waals surface area contributed by atoms with Gasteiger partial charge >= 0.3 is 0 Å². The van der Waals surface area contributed by atoms with Gasteiger partial charge in [-0.3, -0.25) is 4.90 Å². The minimum absolute atomic E-state index is 0.170. The van der Waals surface area contributed by atoms with Gasteiger partial charge in [0.25, 0.3) is 0 Å². The molecule has 1 unspecified atom stereocenters. The van der Waals surface area contributed by atoms with Crippen molar-refractivity contribution in [3.63, 3.8) is 0 Å². The van der Waals surface area contributed by atoms with Crippen LogP contribution in [0.15, 0.2) is 42.5 Å². The van der Waals surface area contributed by atoms with Crippen molar-refractivity contribution < 1.29 is 19.3 Å². The molecule has 0 amide bonds. The fourth-order valence-electron chi connectivity index (χ4n) is 3.38. The largest absolute Gasteiger partial charge is 0.504 e. The molecule has 1 N–H and O–H groups in total. The molecule has 0 spiro atoms. The third kappa shape index (κ3) is 4.90. The average Bonchev–Trinajstić information content (AvgIpc) is 3.15. The second kappa shape index (κ2) is 8.92. The first-order valence-electron chi connectivity index (χ1n) is 9.00. The SMILES string of the molecule is COc1cccc(CN(Cc2ccc(OC)c(O)c2)CC2CCCO2)c1. The number of hydrogen-bond donors (Lipinski definition) is 1. The maximum Gasteiger partial charge on any atom is 0.160 e. The number of phenols is 1. The fraction of sp³-hybridized carbons (Fsp3) is 0.429. The lowest BCUT2D eigenvalue weighted by atomic mass is 10.1. The van der Waals surface area contributed by atoms with Crippen LogP contribution in [0.2, 0.25) is 0 Å². The molecule has 0 bridgehead atoms. The molecule has 0 aliphatic carbocycles. The van der Waals surface area contributed by atoms with Crippen LogP contribution in [0.4, 0.5) is 0 Å². The van der Waals surface area contributed by atoms with Gasteiger partial charge in [0.1, 0.15) is 5.75 Å². The summed E-state index contributed by atoms with van der Waals surface area (Å²) < 4.78 is 16.3. The standard InChI is InChI=1S/C21H27NO4/c1-24-18-6-3-5-16(11-18)13-22(15-19-7-4-10-26-19)14-17-8-9-21(25-2)20(23)12-17/h3,5-6,8-9,11-12,19,23H,4,7,10,13-15H2,1-2H3. The molecule has 5 heteroatoms. The Hall–Kier alpha value is -2.24. The van der Waals surface area contributed by atoms with Gasteiger partial charge in [0.05, 0.1) is 20.3 Å². The van der Waals surface area contributed by atoms with Crippen molar-refractivity contribution in [2.45, 2.75) is 32.0 Å². The molecule has 1 saturated heterocycles. The summed E-state index contributed by atoms with van der Waals surface area (Å²) in [4.78, 5) is 2.35. The highest BCUT2D eigenvalue weighted by molar-refractivity contribution is 5.41. The van der Waals surface area contributed by atoms with E-state index in [-0.39, 0.29) is 11.9 Å². The monoisotopic (exact) mass is 357 g/mol. The van der Waals surface area contributed by atoms with E-state index in [0.717, 1.165) is 50.4 Å². The normalized spacial score (nSPS) is 16.8. The molecular weight excluding hydrogens is 330 g/mol. The van der Waals surface area contributed by atoms with Crippen molar-refractivity contribution in [1.29, 1.82) is 0 Å². The highest BCUT2D eigenvalue weighted by atomic mass is 16.5. The summed E-state index contributed by atoms with van der Waals surface area (Å²) in [5.74, 6) is 1.53. The fourth-order valence-corrected chi connectivity index (χ4v) is 3.38. The minimum Gasteiger partial charge on any atom is -0.504 e. The zero-order valence-corrected chi connectivity index (χ0v) is 15.5. The third-order valence-corrected chi connectivity index (χ3v) is 4.68. The number of rotatable bonds is 8. The summed E-state index contributed by atoms with van der Waals surface area (Å²) >= 11 is 0. The van der Waals surface area contributed by atoms with E-state index in [4.69, 9.17) is 14.2 Å². The average molecular weight is 357 g/mol. The van der Waals surface area contributed by atoms with E-state index in [1.54, 1.807) is 26.4 Å². The maximum absolute atomic E-state index is 10.1. The van der Waals surface area contributed by atoms with Crippen LogP contribution in [0, 0.1) is 0 Å². The minimum atomic E-state index is 0.170. The number of aromatic hydroxyl groups is 1. The van der Waals surface area contributed by atoms with Crippen molar-refractivity contribution in [1.82, 2.24) is 4.90 Å². The number of phenolic OH excluding ortho intramolecular Hbond substituents is 1. The molecule has 0 aromatic heterocycles. The molecule has 5 nitrogen and oxygen atoms in total. The van der Waals surface area contributed by atoms with Gasteiger partial charge in [0, 0.05) is 26.2 Å². The molecule has 26 heavy (non-hydrogen) atoms. The number of methoxy groups -OCH3 is 2. The van der Waals surface area contributed by atoms with E-state index < -0.39 is 0 Å². The zero-order chi connectivity index (χ0) is 18.4. The lowest BCUT2D eigenvalue weighted by Gasteiger charge is -2.26. The lowest BCUT2D eigenvalue weighted by molar-refractivity contribution is 0.0678. The highest BCUT2D eigenvalue weighted by Crippen LogP contribution is 2.27. The molecule has 1 fully saturated rings. The van der Waals surface area contributed by atoms with Crippen molar-refractivity contribution in [3.8, 4) is 17.2 Å². The molecule has 2 aromatic carbocycles. The van der Waals surface area contributed by atoms with Gasteiger partial charge in [-0.15, -0.1) is 0 Å². The number of nitrogens with zero attached hydrogens (tertiary/aromatic N) is 1. The summed E-state index contributed by atoms with van der Waals surface area (Å²) in [6.45, 7) is 3.24. The van der Waals surface area contributed by atoms with E-state index >= 15 is 0 Å². The van der Waals surface area contributed by atoms with Crippen LogP contribution in [0.3, 0.4) is 0 Å². The smallest absolute Gasteiger partial charge is 0.160 e. The summed E-state index contributed by atoms with van der Waals surface area (Å²) in [7, 11) is 3.24. The first kappa shape index (κ1) is 18.5. The van der Waals surface area contributed by atoms with Crippen LogP contribution in [-0.4, -0.2) is 43.5 Å². The quantitative estimate of drug-likeness (QED) is 0.782. The van der Waals surface area contributed by atoms with Crippen LogP contribution in [-0.2, 0) is 17.8 Å². The van der Waals surface area contributed by atoms with E-state index in [9.17, 15) is 5.11 Å². The first-order valence-corrected chi connectivity index (χ1v) is 9.00. The Morgan fingerprint density at radius 2 is 1.88 bits per heavy atom. The molecule has 1 atom stereocenters. The van der Waals surface area contributed by atoms with Crippen LogP contribution in [0.25, 0.3) is 0 Å². The van der Waals surface area contributed by atoms with Crippen LogP contribution < -0.4 is 9.47 Å². The van der Waals surface area contributed by atoms with Gasteiger partial charge in [-0.2, -0.15) is 0 Å². The molecular formula is C21H27NO4. The number of hydrogen-bond acceptors (Lipinski definition) is 5. The summed E-state index contributed by atoms with van der Waals surface area (Å²) in [5, 5.41) is 10.1. The molecule has 0 saturated carbocycles. The van der Waals surface area contributed by atoms with Gasteiger partial charge in [-0.1, -0.05) is 18.2 Å². The van der Waals surface area contributed by atoms with E-state index in [2.05, 4.69) is 17.0 Å². The van der Waals surface area contributed by atoms with Gasteiger partial charge in [0.2, 0.25) is 0 Å². The molecule has 1 aliphatic rings. The Balaban J connectivity index is 1.74. The van der Waals surface area contributed by atoms with E-state index in [1.807, 2.05) is 18.2 Å². The Bertz CT molecular complexity index is 713. The van der Waals surface area contributed by atoms with E-state index in [1.165, 1.54) is 5.56 Å². The molecule has 1 heterocycles. The summed E-state index contributed by atoms with van der Waals surface area (Å²) in [6.07, 6.45) is 2.50. The van der Waals surface area contributed by atoms with Gasteiger partial charge in [-0.05, 0) is 48.2 Å². The zero-order valence-electron chi connectivity index (χ0n) is 15.5. The topological polar surface area (TPSA) is 51.2 Å². The Kier molecular flexibility index (Phi) is 6.36. The highest BCUT2D eigenvalue weighted by Gasteiger charge is 2.20. The predicted octanol–water partition coefficient (Wildman–Crippen LogP) is 3.59. The molecule has 0 radical (unpaired) electrons. The van der Waals surface area contributed by atoms with Crippen molar-refractivity contribution >= 4 is 0 Å². The van der Waals surface area contributed by atoms with Crippen molar-refractivity contribution in [2.75, 3.05) is 27.4 Å². The maximum atomic E-state index is 10.1. The molecule has 3 rings (SSSR count). The predicted molar refractivity (Wildman–Crippen MR) is 101 cm³/mol. The Labute approximate surface area is 155 Å².